The Morgan fingerprint density at radius 2 is 1.95 bits per heavy atom. The van der Waals surface area contributed by atoms with E-state index < -0.39 is 24.2 Å². The molecule has 2 atom stereocenters. The summed E-state index contributed by atoms with van der Waals surface area (Å²) in [7, 11) is 3.47. The highest BCUT2D eigenvalue weighted by atomic mass is 19.3. The maximum absolute atomic E-state index is 13.3. The fourth-order valence-electron chi connectivity index (χ4n) is 4.31. The zero-order valence-corrected chi connectivity index (χ0v) is 22.6. The van der Waals surface area contributed by atoms with Crippen LogP contribution in [0.5, 0.6) is 0 Å². The van der Waals surface area contributed by atoms with Crippen LogP contribution in [0.2, 0.25) is 0 Å². The van der Waals surface area contributed by atoms with Gasteiger partial charge in [-0.25, -0.2) is 13.8 Å². The SMILES string of the molecule is CCC/C=C(C(=O)N(C)C)/C(=C\c1cnc(NC(=O)C2CC2(F)F)cc1C)C1=CNC(CCC)C=C1C. The van der Waals surface area contributed by atoms with Gasteiger partial charge < -0.3 is 15.5 Å². The first-order valence-corrected chi connectivity index (χ1v) is 12.9. The summed E-state index contributed by atoms with van der Waals surface area (Å²) < 4.78 is 26.5. The lowest BCUT2D eigenvalue weighted by atomic mass is 9.87. The second-order valence-corrected chi connectivity index (χ2v) is 10.1. The molecule has 0 spiro atoms. The molecule has 1 aliphatic carbocycles. The number of carbonyl (C=O) groups excluding carboxylic acids is 2. The number of aryl methyl sites for hydroxylation is 1. The highest BCUT2D eigenvalue weighted by Crippen LogP contribution is 2.49. The minimum atomic E-state index is -2.93. The van der Waals surface area contributed by atoms with Crippen molar-refractivity contribution in [3.8, 4) is 0 Å². The van der Waals surface area contributed by atoms with E-state index in [9.17, 15) is 18.4 Å². The average molecular weight is 513 g/mol. The van der Waals surface area contributed by atoms with Gasteiger partial charge in [-0.05, 0) is 61.1 Å². The van der Waals surface area contributed by atoms with Crippen molar-refractivity contribution in [2.45, 2.75) is 71.8 Å². The van der Waals surface area contributed by atoms with Crippen molar-refractivity contribution in [1.29, 1.82) is 0 Å². The molecule has 3 rings (SSSR count). The van der Waals surface area contributed by atoms with Crippen LogP contribution in [-0.2, 0) is 9.59 Å². The first-order valence-electron chi connectivity index (χ1n) is 12.9. The van der Waals surface area contributed by atoms with Crippen LogP contribution < -0.4 is 10.6 Å². The summed E-state index contributed by atoms with van der Waals surface area (Å²) >= 11 is 0. The number of amides is 2. The van der Waals surface area contributed by atoms with E-state index in [4.69, 9.17) is 0 Å². The summed E-state index contributed by atoms with van der Waals surface area (Å²) in [5.41, 5.74) is 4.96. The molecule has 1 aromatic heterocycles. The number of anilines is 1. The third-order valence-electron chi connectivity index (χ3n) is 6.62. The monoisotopic (exact) mass is 512 g/mol. The lowest BCUT2D eigenvalue weighted by Gasteiger charge is -2.25. The molecule has 0 aromatic carbocycles. The van der Waals surface area contributed by atoms with E-state index in [1.165, 1.54) is 0 Å². The third-order valence-corrected chi connectivity index (χ3v) is 6.62. The van der Waals surface area contributed by atoms with Crippen molar-refractivity contribution in [3.63, 3.8) is 0 Å². The maximum Gasteiger partial charge on any atom is 0.260 e. The molecule has 200 valence electrons. The number of rotatable bonds is 10. The van der Waals surface area contributed by atoms with Crippen molar-refractivity contribution in [3.05, 3.63) is 64.0 Å². The van der Waals surface area contributed by atoms with E-state index in [0.717, 1.165) is 53.5 Å². The smallest absolute Gasteiger partial charge is 0.260 e. The van der Waals surface area contributed by atoms with Gasteiger partial charge in [-0.2, -0.15) is 0 Å². The van der Waals surface area contributed by atoms with E-state index in [2.05, 4.69) is 42.5 Å². The molecular weight excluding hydrogens is 474 g/mol. The van der Waals surface area contributed by atoms with Crippen LogP contribution in [0.25, 0.3) is 6.08 Å². The molecular formula is C29H38F2N4O2. The lowest BCUT2D eigenvalue weighted by molar-refractivity contribution is -0.124. The zero-order valence-electron chi connectivity index (χ0n) is 22.6. The van der Waals surface area contributed by atoms with Crippen LogP contribution in [0.1, 0.15) is 64.0 Å². The molecule has 0 bridgehead atoms. The van der Waals surface area contributed by atoms with Crippen LogP contribution in [0.4, 0.5) is 14.6 Å². The highest BCUT2D eigenvalue weighted by molar-refractivity contribution is 6.01. The maximum atomic E-state index is 13.3. The van der Waals surface area contributed by atoms with Gasteiger partial charge in [0.1, 0.15) is 11.7 Å². The minimum absolute atomic E-state index is 0.0936. The number of hydrogen-bond acceptors (Lipinski definition) is 4. The van der Waals surface area contributed by atoms with Gasteiger partial charge >= 0.3 is 0 Å². The first-order chi connectivity index (χ1) is 17.5. The first kappa shape index (κ1) is 28.3. The van der Waals surface area contributed by atoms with Gasteiger partial charge in [0, 0.05) is 50.1 Å². The Morgan fingerprint density at radius 1 is 1.24 bits per heavy atom. The van der Waals surface area contributed by atoms with E-state index in [1.807, 2.05) is 25.3 Å². The number of unbranched alkanes of at least 4 members (excludes halogenated alkanes) is 1. The highest BCUT2D eigenvalue weighted by Gasteiger charge is 2.61. The number of carbonyl (C=O) groups is 2. The van der Waals surface area contributed by atoms with Crippen LogP contribution >= 0.6 is 0 Å². The average Bonchev–Trinajstić information content (AvgIpc) is 3.48. The number of hydrogen-bond donors (Lipinski definition) is 2. The lowest BCUT2D eigenvalue weighted by Crippen LogP contribution is -2.28. The number of aromatic nitrogens is 1. The van der Waals surface area contributed by atoms with E-state index in [-0.39, 0.29) is 17.8 Å². The number of nitrogens with zero attached hydrogens (tertiary/aromatic N) is 2. The van der Waals surface area contributed by atoms with Crippen molar-refractivity contribution >= 4 is 23.7 Å². The Balaban J connectivity index is 2.02. The van der Waals surface area contributed by atoms with Crippen LogP contribution in [0.15, 0.2) is 52.9 Å². The largest absolute Gasteiger partial charge is 0.384 e. The zero-order chi connectivity index (χ0) is 27.3. The molecule has 1 aliphatic heterocycles. The number of dihydropyridines is 1. The quantitative estimate of drug-likeness (QED) is 0.308. The predicted molar refractivity (Wildman–Crippen MR) is 144 cm³/mol. The molecule has 2 heterocycles. The summed E-state index contributed by atoms with van der Waals surface area (Å²) in [5, 5.41) is 5.96. The number of allylic oxidation sites excluding steroid dienone is 3. The molecule has 8 heteroatoms. The molecule has 1 fully saturated rings. The molecule has 37 heavy (non-hydrogen) atoms. The Bertz CT molecular complexity index is 1160. The molecule has 0 saturated heterocycles. The topological polar surface area (TPSA) is 74.3 Å². The van der Waals surface area contributed by atoms with Crippen molar-refractivity contribution in [2.24, 2.45) is 5.92 Å². The van der Waals surface area contributed by atoms with Crippen molar-refractivity contribution in [2.75, 3.05) is 19.4 Å². The number of nitrogens with one attached hydrogen (secondary N) is 2. The second-order valence-electron chi connectivity index (χ2n) is 10.1. The Labute approximate surface area is 218 Å². The summed E-state index contributed by atoms with van der Waals surface area (Å²) in [4.78, 5) is 31.3. The second kappa shape index (κ2) is 11.8. The molecule has 1 aromatic rings. The van der Waals surface area contributed by atoms with Gasteiger partial charge in [0.05, 0.1) is 0 Å². The molecule has 2 N–H and O–H groups in total. The Kier molecular flexibility index (Phi) is 9.05. The number of pyridine rings is 1. The van der Waals surface area contributed by atoms with Gasteiger partial charge in [0.15, 0.2) is 0 Å². The summed E-state index contributed by atoms with van der Waals surface area (Å²) in [6, 6.07) is 1.91. The van der Waals surface area contributed by atoms with E-state index >= 15 is 0 Å². The minimum Gasteiger partial charge on any atom is -0.384 e. The van der Waals surface area contributed by atoms with Gasteiger partial charge in [-0.3, -0.25) is 9.59 Å². The van der Waals surface area contributed by atoms with Crippen LogP contribution in [0, 0.1) is 12.8 Å². The van der Waals surface area contributed by atoms with Crippen LogP contribution in [0.3, 0.4) is 0 Å². The van der Waals surface area contributed by atoms with Gasteiger partial charge in [-0.15, -0.1) is 0 Å². The van der Waals surface area contributed by atoms with Crippen LogP contribution in [-0.4, -0.2) is 47.8 Å². The van der Waals surface area contributed by atoms with Gasteiger partial charge in [-0.1, -0.05) is 38.8 Å². The summed E-state index contributed by atoms with van der Waals surface area (Å²) in [5.74, 6) is -4.81. The predicted octanol–water partition coefficient (Wildman–Crippen LogP) is 5.78. The Hall–Kier alpha value is -3.29. The Morgan fingerprint density at radius 3 is 2.49 bits per heavy atom. The standard InChI is InChI=1S/C29H38F2N4O2/c1-7-9-11-22(28(37)35(5)6)23(24-17-32-21(10-8-2)12-19(24)4)14-20-16-33-26(13-18(20)3)34-27(36)25-15-29(25,30)31/h11-14,16-17,21,25,32H,7-10,15H2,1-6H3,(H,33,34,36)/b22-11-,23-14+. The van der Waals surface area contributed by atoms with Gasteiger partial charge in [0.25, 0.3) is 11.8 Å². The number of alkyl halides is 2. The number of likely N-dealkylation sites (N-methyl/N-ethyl adjacent to an activating group) is 1. The van der Waals surface area contributed by atoms with Crippen molar-refractivity contribution in [1.82, 2.24) is 15.2 Å². The van der Waals surface area contributed by atoms with Crippen molar-refractivity contribution < 1.29 is 18.4 Å². The van der Waals surface area contributed by atoms with E-state index in [0.29, 0.717) is 5.57 Å². The summed E-state index contributed by atoms with van der Waals surface area (Å²) in [6.07, 6.45) is 13.0. The molecule has 2 unspecified atom stereocenters. The molecule has 2 aliphatic rings. The third kappa shape index (κ3) is 6.93. The molecule has 0 radical (unpaired) electrons. The molecule has 1 saturated carbocycles. The van der Waals surface area contributed by atoms with Gasteiger partial charge in [0.2, 0.25) is 5.91 Å². The van der Waals surface area contributed by atoms with E-state index in [1.54, 1.807) is 31.3 Å². The molecule has 2 amide bonds. The fraction of sp³-hybridized carbons (Fsp3) is 0.483. The summed E-state index contributed by atoms with van der Waals surface area (Å²) in [6.45, 7) is 8.13. The normalized spacial score (nSPS) is 21.0. The fourth-order valence-corrected chi connectivity index (χ4v) is 4.31. The number of halogens is 2. The molecule has 6 nitrogen and oxygen atoms in total.